The zero-order chi connectivity index (χ0) is 14.0. The van der Waals surface area contributed by atoms with Crippen LogP contribution in [-0.4, -0.2) is 40.9 Å². The van der Waals surface area contributed by atoms with Gasteiger partial charge in [0.05, 0.1) is 17.8 Å². The Morgan fingerprint density at radius 1 is 1.50 bits per heavy atom. The first-order valence-corrected chi connectivity index (χ1v) is 8.04. The average molecular weight is 294 g/mol. The maximum absolute atomic E-state index is 11.0. The topological polar surface area (TPSA) is 55.8 Å². The minimum atomic E-state index is -0.925. The Balaban J connectivity index is 1.68. The van der Waals surface area contributed by atoms with Crippen LogP contribution in [-0.2, 0) is 4.74 Å². The maximum Gasteiger partial charge on any atom is 0.335 e. The summed E-state index contributed by atoms with van der Waals surface area (Å²) in [6.07, 6.45) is 2.97. The molecule has 0 bridgehead atoms. The number of carboxylic acid groups (broad SMARTS) is 1. The van der Waals surface area contributed by atoms with Gasteiger partial charge in [-0.2, -0.15) is 11.8 Å². The fraction of sp³-hybridized carbons (Fsp3) is 0.533. The lowest BCUT2D eigenvalue weighted by molar-refractivity contribution is -0.0959. The normalized spacial score (nSPS) is 29.5. The molecule has 0 amide bonds. The second-order valence-electron chi connectivity index (χ2n) is 5.40. The van der Waals surface area contributed by atoms with Crippen LogP contribution in [0.1, 0.15) is 29.6 Å². The summed E-state index contributed by atoms with van der Waals surface area (Å²) in [5.74, 6) is 1.91. The minimum Gasteiger partial charge on any atom is -0.490 e. The van der Waals surface area contributed by atoms with Crippen molar-refractivity contribution in [1.29, 1.82) is 0 Å². The molecule has 2 heterocycles. The summed E-state index contributed by atoms with van der Waals surface area (Å²) in [7, 11) is 0. The van der Waals surface area contributed by atoms with Crippen LogP contribution in [0.4, 0.5) is 0 Å². The number of thioether (sulfide) groups is 1. The first-order valence-electron chi connectivity index (χ1n) is 6.89. The standard InChI is InChI=1S/C15H18O4S/c16-14(17)11-2-1-3-12(8-11)19-13-4-6-18-15(9-13)5-7-20-10-15/h1-3,8,13H,4-7,9-10H2,(H,16,17). The van der Waals surface area contributed by atoms with E-state index in [1.165, 1.54) is 0 Å². The van der Waals surface area contributed by atoms with E-state index in [1.54, 1.807) is 18.2 Å². The van der Waals surface area contributed by atoms with E-state index >= 15 is 0 Å². The van der Waals surface area contributed by atoms with E-state index in [0.29, 0.717) is 5.75 Å². The number of ether oxygens (including phenoxy) is 2. The number of rotatable bonds is 3. The van der Waals surface area contributed by atoms with E-state index in [2.05, 4.69) is 0 Å². The Morgan fingerprint density at radius 3 is 3.15 bits per heavy atom. The minimum absolute atomic E-state index is 0.0159. The van der Waals surface area contributed by atoms with Crippen molar-refractivity contribution in [2.24, 2.45) is 0 Å². The van der Waals surface area contributed by atoms with E-state index < -0.39 is 5.97 Å². The van der Waals surface area contributed by atoms with Gasteiger partial charge in [-0.1, -0.05) is 6.07 Å². The van der Waals surface area contributed by atoms with Crippen LogP contribution in [0.3, 0.4) is 0 Å². The molecule has 1 aromatic carbocycles. The number of benzene rings is 1. The van der Waals surface area contributed by atoms with Crippen LogP contribution in [0.25, 0.3) is 0 Å². The highest BCUT2D eigenvalue weighted by molar-refractivity contribution is 7.99. The van der Waals surface area contributed by atoms with Crippen molar-refractivity contribution in [2.75, 3.05) is 18.1 Å². The molecule has 2 fully saturated rings. The molecule has 2 atom stereocenters. The Kier molecular flexibility index (Phi) is 3.89. The Labute approximate surface area is 122 Å². The third-order valence-corrected chi connectivity index (χ3v) is 5.12. The summed E-state index contributed by atoms with van der Waals surface area (Å²) in [4.78, 5) is 11.0. The molecule has 1 N–H and O–H groups in total. The second-order valence-corrected chi connectivity index (χ2v) is 6.50. The van der Waals surface area contributed by atoms with Gasteiger partial charge in [0, 0.05) is 18.6 Å². The van der Waals surface area contributed by atoms with Gasteiger partial charge in [0.1, 0.15) is 11.9 Å². The van der Waals surface area contributed by atoms with Crippen LogP contribution in [0.5, 0.6) is 5.75 Å². The molecule has 0 radical (unpaired) electrons. The van der Waals surface area contributed by atoms with Crippen LogP contribution in [0, 0.1) is 0 Å². The molecule has 4 nitrogen and oxygen atoms in total. The molecule has 2 aliphatic heterocycles. The zero-order valence-electron chi connectivity index (χ0n) is 11.2. The predicted molar refractivity (Wildman–Crippen MR) is 77.7 cm³/mol. The zero-order valence-corrected chi connectivity index (χ0v) is 12.0. The first-order chi connectivity index (χ1) is 9.67. The van der Waals surface area contributed by atoms with E-state index in [4.69, 9.17) is 14.6 Å². The molecule has 1 aromatic rings. The van der Waals surface area contributed by atoms with Gasteiger partial charge in [0.25, 0.3) is 0 Å². The molecule has 108 valence electrons. The van der Waals surface area contributed by atoms with Crippen molar-refractivity contribution in [3.8, 4) is 5.75 Å². The third-order valence-electron chi connectivity index (χ3n) is 3.90. The summed E-state index contributed by atoms with van der Waals surface area (Å²) in [5.41, 5.74) is 0.249. The van der Waals surface area contributed by atoms with E-state index in [0.717, 1.165) is 37.4 Å². The maximum atomic E-state index is 11.0. The smallest absolute Gasteiger partial charge is 0.335 e. The summed E-state index contributed by atoms with van der Waals surface area (Å²) in [5, 5.41) is 9.00. The molecule has 1 spiro atoms. The highest BCUT2D eigenvalue weighted by Crippen LogP contribution is 2.39. The number of hydrogen-bond acceptors (Lipinski definition) is 4. The summed E-state index contributed by atoms with van der Waals surface area (Å²) in [6.45, 7) is 0.726. The van der Waals surface area contributed by atoms with Gasteiger partial charge in [-0.3, -0.25) is 0 Å². The molecule has 2 unspecified atom stereocenters. The van der Waals surface area contributed by atoms with Crippen molar-refractivity contribution in [3.05, 3.63) is 29.8 Å². The van der Waals surface area contributed by atoms with Crippen LogP contribution < -0.4 is 4.74 Å². The number of aromatic carboxylic acids is 1. The number of carbonyl (C=O) groups is 1. The Bertz CT molecular complexity index is 496. The van der Waals surface area contributed by atoms with Gasteiger partial charge in [-0.05, 0) is 30.4 Å². The average Bonchev–Trinajstić information content (AvgIpc) is 2.87. The molecule has 2 saturated heterocycles. The molecule has 3 rings (SSSR count). The largest absolute Gasteiger partial charge is 0.490 e. The van der Waals surface area contributed by atoms with Crippen molar-refractivity contribution in [3.63, 3.8) is 0 Å². The van der Waals surface area contributed by atoms with Crippen molar-refractivity contribution in [1.82, 2.24) is 0 Å². The quantitative estimate of drug-likeness (QED) is 0.929. The Hall–Kier alpha value is -1.20. The first kappa shape index (κ1) is 13.8. The van der Waals surface area contributed by atoms with Gasteiger partial charge in [0.2, 0.25) is 0 Å². The second kappa shape index (κ2) is 5.66. The highest BCUT2D eigenvalue weighted by Gasteiger charge is 2.41. The fourth-order valence-corrected chi connectivity index (χ4v) is 4.22. The monoisotopic (exact) mass is 294 g/mol. The lowest BCUT2D eigenvalue weighted by atomic mass is 9.91. The van der Waals surface area contributed by atoms with Crippen LogP contribution in [0.15, 0.2) is 24.3 Å². The van der Waals surface area contributed by atoms with E-state index in [-0.39, 0.29) is 17.3 Å². The summed E-state index contributed by atoms with van der Waals surface area (Å²) >= 11 is 1.94. The molecule has 5 heteroatoms. The Morgan fingerprint density at radius 2 is 2.40 bits per heavy atom. The van der Waals surface area contributed by atoms with Crippen molar-refractivity contribution < 1.29 is 19.4 Å². The summed E-state index contributed by atoms with van der Waals surface area (Å²) < 4.78 is 11.9. The molecular weight excluding hydrogens is 276 g/mol. The van der Waals surface area contributed by atoms with Crippen LogP contribution in [0.2, 0.25) is 0 Å². The molecule has 0 aromatic heterocycles. The van der Waals surface area contributed by atoms with E-state index in [1.807, 2.05) is 17.8 Å². The van der Waals surface area contributed by atoms with E-state index in [9.17, 15) is 4.79 Å². The molecular formula is C15H18O4S. The molecule has 0 saturated carbocycles. The number of carboxylic acids is 1. The van der Waals surface area contributed by atoms with Crippen molar-refractivity contribution in [2.45, 2.75) is 31.0 Å². The van der Waals surface area contributed by atoms with Gasteiger partial charge < -0.3 is 14.6 Å². The number of hydrogen-bond donors (Lipinski definition) is 1. The molecule has 2 aliphatic rings. The lowest BCUT2D eigenvalue weighted by Crippen LogP contribution is -2.43. The van der Waals surface area contributed by atoms with Crippen molar-refractivity contribution >= 4 is 17.7 Å². The van der Waals surface area contributed by atoms with Gasteiger partial charge in [-0.15, -0.1) is 0 Å². The van der Waals surface area contributed by atoms with Gasteiger partial charge in [-0.25, -0.2) is 4.79 Å². The molecule has 0 aliphatic carbocycles. The lowest BCUT2D eigenvalue weighted by Gasteiger charge is -2.37. The fourth-order valence-electron chi connectivity index (χ4n) is 2.84. The highest BCUT2D eigenvalue weighted by atomic mass is 32.2. The summed E-state index contributed by atoms with van der Waals surface area (Å²) in [6, 6.07) is 6.71. The van der Waals surface area contributed by atoms with Crippen LogP contribution >= 0.6 is 11.8 Å². The van der Waals surface area contributed by atoms with Gasteiger partial charge >= 0.3 is 5.97 Å². The molecule has 20 heavy (non-hydrogen) atoms. The SMILES string of the molecule is O=C(O)c1cccc(OC2CCOC3(CCSC3)C2)c1. The predicted octanol–water partition coefficient (Wildman–Crippen LogP) is 2.82. The van der Waals surface area contributed by atoms with Gasteiger partial charge in [0.15, 0.2) is 0 Å². The third kappa shape index (κ3) is 2.94.